The summed E-state index contributed by atoms with van der Waals surface area (Å²) >= 11 is 5.66. The summed E-state index contributed by atoms with van der Waals surface area (Å²) in [6, 6.07) is 1.46. The maximum absolute atomic E-state index is 13.1. The number of allylic oxidation sites excluding steroid dienone is 4. The predicted octanol–water partition coefficient (Wildman–Crippen LogP) is 1.71. The highest BCUT2D eigenvalue weighted by molar-refractivity contribution is 7.92. The molecule has 10 heteroatoms. The van der Waals surface area contributed by atoms with Crippen LogP contribution in [0.1, 0.15) is 24.4 Å². The van der Waals surface area contributed by atoms with Crippen LogP contribution in [0.25, 0.3) is 5.57 Å². The van der Waals surface area contributed by atoms with E-state index in [0.717, 1.165) is 0 Å². The molecule has 1 aliphatic rings. The second-order valence-electron chi connectivity index (χ2n) is 6.75. The third-order valence-corrected chi connectivity index (χ3v) is 7.01. The van der Waals surface area contributed by atoms with Gasteiger partial charge in [-0.15, -0.1) is 0 Å². The van der Waals surface area contributed by atoms with Crippen molar-refractivity contribution in [2.24, 2.45) is 11.5 Å². The van der Waals surface area contributed by atoms with E-state index in [4.69, 9.17) is 28.8 Å². The number of nitrogen functional groups attached to an aromatic ring is 1. The summed E-state index contributed by atoms with van der Waals surface area (Å²) in [4.78, 5) is 20.0. The third kappa shape index (κ3) is 5.44. The second kappa shape index (κ2) is 9.38. The molecule has 1 heterocycles. The van der Waals surface area contributed by atoms with Crippen molar-refractivity contribution in [2.45, 2.75) is 17.6 Å². The molecule has 0 bridgehead atoms. The summed E-state index contributed by atoms with van der Waals surface area (Å²) in [5.74, 6) is -0.677. The van der Waals surface area contributed by atoms with Gasteiger partial charge in [0.2, 0.25) is 5.91 Å². The molecule has 0 saturated heterocycles. The molecule has 1 aliphatic carbocycles. The van der Waals surface area contributed by atoms with Crippen molar-refractivity contribution in [3.8, 4) is 0 Å². The van der Waals surface area contributed by atoms with Crippen molar-refractivity contribution in [1.29, 1.82) is 0 Å². The molecule has 0 spiro atoms. The highest BCUT2D eigenvalue weighted by Gasteiger charge is 2.56. The van der Waals surface area contributed by atoms with Gasteiger partial charge in [0.15, 0.2) is 15.7 Å². The van der Waals surface area contributed by atoms with E-state index in [9.17, 15) is 13.2 Å². The molecule has 8 nitrogen and oxygen atoms in total. The number of carbonyl (C=O) groups excluding carboxylic acids is 1. The summed E-state index contributed by atoms with van der Waals surface area (Å²) < 4.78 is 25.0. The average Bonchev–Trinajstić information content (AvgIpc) is 3.47. The van der Waals surface area contributed by atoms with E-state index in [0.29, 0.717) is 30.7 Å². The van der Waals surface area contributed by atoms with E-state index in [-0.39, 0.29) is 28.0 Å². The summed E-state index contributed by atoms with van der Waals surface area (Å²) in [7, 11) is -3.66. The molecule has 30 heavy (non-hydrogen) atoms. The molecule has 1 aromatic rings. The van der Waals surface area contributed by atoms with Gasteiger partial charge in [-0.25, -0.2) is 18.4 Å². The van der Waals surface area contributed by atoms with Crippen molar-refractivity contribution >= 4 is 38.7 Å². The normalized spacial score (nSPS) is 16.1. The van der Waals surface area contributed by atoms with E-state index in [1.807, 2.05) is 0 Å². The van der Waals surface area contributed by atoms with Crippen LogP contribution in [-0.2, 0) is 19.4 Å². The van der Waals surface area contributed by atoms with E-state index in [1.165, 1.54) is 24.3 Å². The number of amides is 1. The van der Waals surface area contributed by atoms with Gasteiger partial charge in [0, 0.05) is 28.8 Å². The molecule has 0 aliphatic heterocycles. The minimum Gasteiger partial charge on any atom is -0.384 e. The monoisotopic (exact) mass is 449 g/mol. The summed E-state index contributed by atoms with van der Waals surface area (Å²) in [6.07, 6.45) is 8.06. The Morgan fingerprint density at radius 1 is 1.23 bits per heavy atom. The lowest BCUT2D eigenvalue weighted by molar-refractivity contribution is -0.114. The first-order valence-corrected chi connectivity index (χ1v) is 11.0. The van der Waals surface area contributed by atoms with E-state index >= 15 is 0 Å². The molecule has 0 atom stereocenters. The van der Waals surface area contributed by atoms with E-state index in [2.05, 4.69) is 23.1 Å². The summed E-state index contributed by atoms with van der Waals surface area (Å²) in [5.41, 5.74) is 17.4. The number of rotatable bonds is 10. The van der Waals surface area contributed by atoms with Gasteiger partial charge in [0.25, 0.3) is 0 Å². The molecule has 0 radical (unpaired) electrons. The number of anilines is 1. The van der Waals surface area contributed by atoms with Crippen molar-refractivity contribution < 1.29 is 13.2 Å². The van der Waals surface area contributed by atoms with Crippen LogP contribution in [0.3, 0.4) is 0 Å². The van der Waals surface area contributed by atoms with Gasteiger partial charge in [-0.2, -0.15) is 0 Å². The largest absolute Gasteiger partial charge is 0.384 e. The molecule has 1 fully saturated rings. The lowest BCUT2D eigenvalue weighted by Gasteiger charge is -2.16. The van der Waals surface area contributed by atoms with Crippen LogP contribution in [-0.4, -0.2) is 36.6 Å². The topological polar surface area (TPSA) is 155 Å². The number of aromatic nitrogens is 2. The molecule has 2 rings (SSSR count). The van der Waals surface area contributed by atoms with Crippen LogP contribution in [0.5, 0.6) is 0 Å². The summed E-state index contributed by atoms with van der Waals surface area (Å²) in [5, 5.41) is 0.0999. The Morgan fingerprint density at radius 3 is 2.43 bits per heavy atom. The predicted molar refractivity (Wildman–Crippen MR) is 120 cm³/mol. The number of nitrogens with two attached hydrogens (primary N) is 3. The van der Waals surface area contributed by atoms with Crippen LogP contribution >= 0.6 is 11.6 Å². The Labute approximate surface area is 180 Å². The third-order valence-electron chi connectivity index (χ3n) is 4.46. The molecule has 0 aromatic carbocycles. The fraction of sp³-hybridized carbons (Fsp3) is 0.250. The fourth-order valence-electron chi connectivity index (χ4n) is 2.80. The number of carbonyl (C=O) groups is 1. The molecule has 6 N–H and O–H groups in total. The molecular weight excluding hydrogens is 426 g/mol. The van der Waals surface area contributed by atoms with Crippen LogP contribution in [0.15, 0.2) is 60.2 Å². The van der Waals surface area contributed by atoms with Crippen LogP contribution in [0.4, 0.5) is 5.82 Å². The quantitative estimate of drug-likeness (QED) is 0.362. The zero-order valence-electron chi connectivity index (χ0n) is 16.3. The second-order valence-corrected chi connectivity index (χ2v) is 9.58. The van der Waals surface area contributed by atoms with Gasteiger partial charge in [-0.05, 0) is 18.9 Å². The number of primary amides is 1. The van der Waals surface area contributed by atoms with Gasteiger partial charge < -0.3 is 17.2 Å². The zero-order chi connectivity index (χ0) is 22.5. The van der Waals surface area contributed by atoms with Gasteiger partial charge in [-0.3, -0.25) is 4.79 Å². The van der Waals surface area contributed by atoms with Crippen molar-refractivity contribution in [3.05, 3.63) is 71.7 Å². The Kier molecular flexibility index (Phi) is 7.35. The zero-order valence-corrected chi connectivity index (χ0v) is 17.9. The first-order chi connectivity index (χ1) is 14.0. The maximum Gasteiger partial charge on any atom is 0.248 e. The van der Waals surface area contributed by atoms with E-state index in [1.54, 1.807) is 12.2 Å². The number of hydrogen-bond acceptors (Lipinski definition) is 7. The highest BCUT2D eigenvalue weighted by atomic mass is 35.5. The molecule has 160 valence electrons. The van der Waals surface area contributed by atoms with Crippen LogP contribution in [0, 0.1) is 0 Å². The van der Waals surface area contributed by atoms with Gasteiger partial charge >= 0.3 is 0 Å². The molecular formula is C20H24ClN5O3S. The number of sulfone groups is 1. The molecule has 1 aromatic heterocycles. The van der Waals surface area contributed by atoms with Crippen molar-refractivity contribution in [3.63, 3.8) is 0 Å². The minimum atomic E-state index is -3.66. The number of hydrogen-bond donors (Lipinski definition) is 3. The lowest BCUT2D eigenvalue weighted by Crippen LogP contribution is -2.25. The van der Waals surface area contributed by atoms with Gasteiger partial charge in [0.1, 0.15) is 10.6 Å². The molecule has 0 unspecified atom stereocenters. The van der Waals surface area contributed by atoms with Crippen molar-refractivity contribution in [1.82, 2.24) is 9.97 Å². The molecule has 1 amide bonds. The summed E-state index contributed by atoms with van der Waals surface area (Å²) in [6.45, 7) is 7.64. The average molecular weight is 450 g/mol. The van der Waals surface area contributed by atoms with E-state index < -0.39 is 20.5 Å². The SMILES string of the molecule is C=C(Cl)/C=C(\C=C/CS(=O)(=O)C1(c2cc(N)nc(C(=C)/C=C\CN)n2)CC1)C(N)=O. The Hall–Kier alpha value is -2.75. The number of halogens is 1. The van der Waals surface area contributed by atoms with Crippen molar-refractivity contribution in [2.75, 3.05) is 18.0 Å². The fourth-order valence-corrected chi connectivity index (χ4v) is 4.73. The van der Waals surface area contributed by atoms with Gasteiger partial charge in [0.05, 0.1) is 11.4 Å². The molecule has 1 saturated carbocycles. The minimum absolute atomic E-state index is 0.0478. The van der Waals surface area contributed by atoms with Crippen LogP contribution in [0.2, 0.25) is 0 Å². The Morgan fingerprint density at radius 2 is 1.90 bits per heavy atom. The first kappa shape index (κ1) is 23.5. The lowest BCUT2D eigenvalue weighted by atomic mass is 10.2. The van der Waals surface area contributed by atoms with Gasteiger partial charge in [-0.1, -0.05) is 49.1 Å². The highest BCUT2D eigenvalue weighted by Crippen LogP contribution is 2.52. The Bertz CT molecular complexity index is 1070. The smallest absolute Gasteiger partial charge is 0.248 e. The Balaban J connectivity index is 2.33. The van der Waals surface area contributed by atoms with Crippen LogP contribution < -0.4 is 17.2 Å². The first-order valence-electron chi connectivity index (χ1n) is 8.98. The number of nitrogens with zero attached hydrogens (tertiary/aromatic N) is 2. The maximum atomic E-state index is 13.1. The standard InChI is InChI=1S/C20H24ClN5O3S/c1-13(5-3-9-22)19-25-16(12-17(23)26-19)20(7-8-20)30(28,29)10-4-6-15(18(24)27)11-14(2)21/h3-6,11-12H,1-2,7-10,22H2,(H2,24,27)(H2,23,25,26)/b5-3-,6-4-,15-11+.